The Morgan fingerprint density at radius 1 is 0.259 bits per heavy atom. The highest BCUT2D eigenvalue weighted by Crippen LogP contribution is 2.45. The van der Waals surface area contributed by atoms with Crippen molar-refractivity contribution >= 4 is 39.5 Å². The van der Waals surface area contributed by atoms with Gasteiger partial charge in [-0.1, -0.05) is 415 Å². The number of carbonyl (C=O) groups excluding carboxylic acids is 4. The van der Waals surface area contributed by atoms with Crippen LogP contribution in [0.2, 0.25) is 0 Å². The number of rotatable bonds is 86. The zero-order valence-electron chi connectivity index (χ0n) is 71.5. The Balaban J connectivity index is 5.18. The van der Waals surface area contributed by atoms with Crippen molar-refractivity contribution in [1.82, 2.24) is 0 Å². The number of phosphoric acid groups is 2. The van der Waals surface area contributed by atoms with Crippen LogP contribution in [0.3, 0.4) is 0 Å². The first-order valence-corrected chi connectivity index (χ1v) is 48.7. The Morgan fingerprint density at radius 2 is 0.444 bits per heavy atom. The van der Waals surface area contributed by atoms with Crippen LogP contribution in [0.4, 0.5) is 0 Å². The van der Waals surface area contributed by atoms with Gasteiger partial charge in [-0.05, 0) is 49.4 Å². The fourth-order valence-corrected chi connectivity index (χ4v) is 15.4. The largest absolute Gasteiger partial charge is 0.472 e. The van der Waals surface area contributed by atoms with E-state index < -0.39 is 97.5 Å². The molecule has 0 amide bonds. The minimum Gasteiger partial charge on any atom is -0.462 e. The molecule has 0 aromatic heterocycles. The van der Waals surface area contributed by atoms with Crippen LogP contribution < -0.4 is 0 Å². The van der Waals surface area contributed by atoms with Crippen molar-refractivity contribution in [3.05, 3.63) is 0 Å². The Hall–Kier alpha value is -1.94. The van der Waals surface area contributed by atoms with Gasteiger partial charge in [0, 0.05) is 25.7 Å². The summed E-state index contributed by atoms with van der Waals surface area (Å²) in [7, 11) is -9.93. The monoisotopic (exact) mass is 1580 g/mol. The van der Waals surface area contributed by atoms with Crippen molar-refractivity contribution < 1.29 is 80.2 Å². The molecule has 0 spiro atoms. The quantitative estimate of drug-likeness (QED) is 0.0222. The lowest BCUT2D eigenvalue weighted by Gasteiger charge is -2.21. The molecule has 17 nitrogen and oxygen atoms in total. The van der Waals surface area contributed by atoms with Gasteiger partial charge in [-0.3, -0.25) is 37.3 Å². The summed E-state index contributed by atoms with van der Waals surface area (Å²) >= 11 is 0. The number of unbranched alkanes of at least 4 members (excludes halogenated alkanes) is 51. The summed E-state index contributed by atoms with van der Waals surface area (Å²) in [5.41, 5.74) is 0. The van der Waals surface area contributed by atoms with Crippen LogP contribution in [0.5, 0.6) is 0 Å². The third kappa shape index (κ3) is 80.7. The molecule has 0 aliphatic carbocycles. The smallest absolute Gasteiger partial charge is 0.462 e. The molecule has 0 aromatic rings. The number of ether oxygens (including phenoxy) is 4. The first kappa shape index (κ1) is 106. The molecular weight excluding hydrogens is 1400 g/mol. The molecule has 0 aliphatic rings. The topological polar surface area (TPSA) is 237 Å². The Morgan fingerprint density at radius 3 is 0.657 bits per heavy atom. The second-order valence-corrected chi connectivity index (χ2v) is 36.6. The van der Waals surface area contributed by atoms with E-state index in [2.05, 4.69) is 55.4 Å². The normalized spacial score (nSPS) is 14.1. The molecule has 0 bridgehead atoms. The van der Waals surface area contributed by atoms with Crippen molar-refractivity contribution in [2.24, 2.45) is 23.7 Å². The molecule has 0 aliphatic heterocycles. The van der Waals surface area contributed by atoms with Crippen LogP contribution in [0.1, 0.15) is 466 Å². The number of esters is 4. The van der Waals surface area contributed by atoms with E-state index in [1.54, 1.807) is 0 Å². The van der Waals surface area contributed by atoms with E-state index in [0.29, 0.717) is 31.6 Å². The number of aliphatic hydroxyl groups is 1. The van der Waals surface area contributed by atoms with Crippen LogP contribution in [0.25, 0.3) is 0 Å². The SMILES string of the molecule is CCC(C)CCCCCCCCCCCCCCCCCCCCC(=O)O[C@H](COC(=O)CCCCCCCCCCCCCCCC(C)C)COP(=O)(O)OCC(O)COP(=O)(O)OC[C@@H](COC(=O)CCCCCCCCC(C)C)OC(=O)CCCCCCCCCCCCCCCCCCCCC(C)C. The second-order valence-electron chi connectivity index (χ2n) is 33.7. The van der Waals surface area contributed by atoms with Crippen molar-refractivity contribution in [2.75, 3.05) is 39.6 Å². The summed E-state index contributed by atoms with van der Waals surface area (Å²) in [6.45, 7) is 14.3. The van der Waals surface area contributed by atoms with E-state index in [1.165, 1.54) is 263 Å². The maximum atomic E-state index is 13.2. The predicted octanol–water partition coefficient (Wildman–Crippen LogP) is 27.1. The summed E-state index contributed by atoms with van der Waals surface area (Å²) in [6.07, 6.45) is 68.3. The zero-order valence-corrected chi connectivity index (χ0v) is 73.3. The summed E-state index contributed by atoms with van der Waals surface area (Å²) in [6, 6.07) is 0. The molecule has 0 radical (unpaired) electrons. The Labute approximate surface area is 664 Å². The number of phosphoric ester groups is 2. The Kier molecular flexibility index (Phi) is 76.2. The molecule has 19 heteroatoms. The second kappa shape index (κ2) is 77.6. The highest BCUT2D eigenvalue weighted by molar-refractivity contribution is 7.47. The number of carbonyl (C=O) groups is 4. The van der Waals surface area contributed by atoms with Crippen molar-refractivity contribution in [1.29, 1.82) is 0 Å². The van der Waals surface area contributed by atoms with Gasteiger partial charge in [0.2, 0.25) is 0 Å². The highest BCUT2D eigenvalue weighted by atomic mass is 31.2. The molecule has 0 fully saturated rings. The lowest BCUT2D eigenvalue weighted by Crippen LogP contribution is -2.30. The number of hydrogen-bond donors (Lipinski definition) is 3. The molecule has 0 aromatic carbocycles. The van der Waals surface area contributed by atoms with Crippen LogP contribution in [-0.4, -0.2) is 96.7 Å². The molecule has 0 rings (SSSR count). The minimum atomic E-state index is -4.97. The van der Waals surface area contributed by atoms with Gasteiger partial charge in [0.25, 0.3) is 0 Å². The van der Waals surface area contributed by atoms with E-state index in [-0.39, 0.29) is 25.7 Å². The van der Waals surface area contributed by atoms with Gasteiger partial charge in [0.15, 0.2) is 12.2 Å². The molecule has 6 atom stereocenters. The van der Waals surface area contributed by atoms with Crippen LogP contribution in [0, 0.1) is 23.7 Å². The maximum Gasteiger partial charge on any atom is 0.472 e. The van der Waals surface area contributed by atoms with Gasteiger partial charge < -0.3 is 33.8 Å². The first-order chi connectivity index (χ1) is 52.1. The Bertz CT molecular complexity index is 2100. The van der Waals surface area contributed by atoms with E-state index in [9.17, 15) is 43.2 Å². The van der Waals surface area contributed by atoms with Crippen LogP contribution in [0.15, 0.2) is 0 Å². The zero-order chi connectivity index (χ0) is 79.5. The predicted molar refractivity (Wildman–Crippen MR) is 446 cm³/mol. The molecule has 0 saturated carbocycles. The third-order valence-electron chi connectivity index (χ3n) is 21.2. The highest BCUT2D eigenvalue weighted by Gasteiger charge is 2.31. The molecular formula is C89H174O17P2. The van der Waals surface area contributed by atoms with Gasteiger partial charge >= 0.3 is 39.5 Å². The van der Waals surface area contributed by atoms with Gasteiger partial charge in [0.1, 0.15) is 19.3 Å². The van der Waals surface area contributed by atoms with Crippen molar-refractivity contribution in [3.63, 3.8) is 0 Å². The van der Waals surface area contributed by atoms with Crippen molar-refractivity contribution in [2.45, 2.75) is 485 Å². The summed E-state index contributed by atoms with van der Waals surface area (Å²) in [5, 5.41) is 10.7. The van der Waals surface area contributed by atoms with Gasteiger partial charge in [0.05, 0.1) is 26.4 Å². The molecule has 4 unspecified atom stereocenters. The van der Waals surface area contributed by atoms with Gasteiger partial charge in [-0.2, -0.15) is 0 Å². The standard InChI is InChI=1S/C89H174O17P2/c1-9-82(8)68-60-52-43-37-31-25-19-15-11-13-17-21-27-34-40-46-55-63-71-88(93)105-84(75-99-86(91)69-61-53-44-38-32-28-22-24-30-36-42-50-58-66-80(4)5)77-103-107(95,96)101-73-83(90)74-102-108(97,98)104-78-85(76-100-87(92)70-62-54-48-47-51-59-67-81(6)7)106-89(94)72-64-56-45-39-33-26-20-16-12-10-14-18-23-29-35-41-49-57-65-79(2)3/h79-85,90H,9-78H2,1-8H3,(H,95,96)(H,97,98)/t82?,83?,84-,85-/m1/s1. The van der Waals surface area contributed by atoms with E-state index in [1.807, 2.05) is 0 Å². The number of aliphatic hydroxyl groups excluding tert-OH is 1. The van der Waals surface area contributed by atoms with Crippen LogP contribution in [-0.2, 0) is 65.4 Å². The molecule has 0 saturated heterocycles. The summed E-state index contributed by atoms with van der Waals surface area (Å²) in [5.74, 6) is 1.05. The van der Waals surface area contributed by atoms with E-state index in [0.717, 1.165) is 114 Å². The summed E-state index contributed by atoms with van der Waals surface area (Å²) in [4.78, 5) is 73.3. The minimum absolute atomic E-state index is 0.107. The fraction of sp³-hybridized carbons (Fsp3) is 0.955. The molecule has 642 valence electrons. The molecule has 3 N–H and O–H groups in total. The van der Waals surface area contributed by atoms with Gasteiger partial charge in [-0.25, -0.2) is 9.13 Å². The fourth-order valence-electron chi connectivity index (χ4n) is 13.8. The number of hydrogen-bond acceptors (Lipinski definition) is 15. The van der Waals surface area contributed by atoms with E-state index in [4.69, 9.17) is 37.0 Å². The summed E-state index contributed by atoms with van der Waals surface area (Å²) < 4.78 is 68.9. The first-order valence-electron chi connectivity index (χ1n) is 45.7. The van der Waals surface area contributed by atoms with Crippen molar-refractivity contribution in [3.8, 4) is 0 Å². The molecule has 108 heavy (non-hydrogen) atoms. The van der Waals surface area contributed by atoms with E-state index >= 15 is 0 Å². The molecule has 0 heterocycles. The van der Waals surface area contributed by atoms with Gasteiger partial charge in [-0.15, -0.1) is 0 Å². The van der Waals surface area contributed by atoms with Crippen LogP contribution >= 0.6 is 15.6 Å². The lowest BCUT2D eigenvalue weighted by molar-refractivity contribution is -0.161. The average molecular weight is 1580 g/mol. The average Bonchev–Trinajstić information content (AvgIpc) is 0.901. The third-order valence-corrected chi connectivity index (χ3v) is 23.1. The maximum absolute atomic E-state index is 13.2. The lowest BCUT2D eigenvalue weighted by atomic mass is 9.99.